The van der Waals surface area contributed by atoms with Crippen LogP contribution < -0.4 is 5.32 Å². The Labute approximate surface area is 260 Å². The highest BCUT2D eigenvalue weighted by atomic mass is 32.1. The predicted molar refractivity (Wildman–Crippen MR) is 169 cm³/mol. The molecule has 0 radical (unpaired) electrons. The first-order chi connectivity index (χ1) is 21.2. The van der Waals surface area contributed by atoms with Crippen LogP contribution in [0.1, 0.15) is 41.0 Å². The van der Waals surface area contributed by atoms with E-state index in [2.05, 4.69) is 66.7 Å². The van der Waals surface area contributed by atoms with E-state index < -0.39 is 12.6 Å². The molecule has 0 saturated carbocycles. The summed E-state index contributed by atoms with van der Waals surface area (Å²) in [6, 6.07) is 10.6. The van der Waals surface area contributed by atoms with Gasteiger partial charge in [-0.3, -0.25) is 4.90 Å². The zero-order chi connectivity index (χ0) is 30.8. The standard InChI is InChI=1S/C32H39F3N8S/c1-22-23(4-5-29-27(22)16-25(19-36)43(29)15-14-41-9-3-8-40(2)12-13-41)20-42-10-6-24(7-11-42)39-30-28-17-26(18-32(33,34)35)44-31(28)38-21-37-30/h4-5,16-17,21,24H,3,6-15,18,20H2,1-2H3,(H,37,38,39). The van der Waals surface area contributed by atoms with Gasteiger partial charge in [0.2, 0.25) is 0 Å². The van der Waals surface area contributed by atoms with Gasteiger partial charge in [0, 0.05) is 67.6 Å². The van der Waals surface area contributed by atoms with E-state index in [4.69, 9.17) is 0 Å². The predicted octanol–water partition coefficient (Wildman–Crippen LogP) is 5.64. The van der Waals surface area contributed by atoms with Crippen LogP contribution in [-0.2, 0) is 19.5 Å². The van der Waals surface area contributed by atoms with Gasteiger partial charge in [0.25, 0.3) is 0 Å². The number of aryl methyl sites for hydroxylation is 1. The largest absolute Gasteiger partial charge is 0.393 e. The number of nitrogens with zero attached hydrogens (tertiary/aromatic N) is 7. The molecule has 0 spiro atoms. The number of aromatic nitrogens is 3. The van der Waals surface area contributed by atoms with Gasteiger partial charge < -0.3 is 19.7 Å². The van der Waals surface area contributed by atoms with Gasteiger partial charge in [0.1, 0.15) is 28.7 Å². The van der Waals surface area contributed by atoms with E-state index in [0.29, 0.717) is 21.7 Å². The number of halogens is 3. The molecule has 2 aliphatic rings. The summed E-state index contributed by atoms with van der Waals surface area (Å²) in [5.74, 6) is 0.611. The Bertz CT molecular complexity index is 1650. The molecule has 12 heteroatoms. The highest BCUT2D eigenvalue weighted by Gasteiger charge is 2.29. The Morgan fingerprint density at radius 2 is 1.82 bits per heavy atom. The molecule has 44 heavy (non-hydrogen) atoms. The SMILES string of the molecule is Cc1c(CN2CCC(Nc3ncnc4sc(CC(F)(F)F)cc34)CC2)ccc2c1cc(C#N)n2CCN1CCCN(C)CC1. The van der Waals surface area contributed by atoms with Crippen LogP contribution in [-0.4, -0.2) is 94.3 Å². The molecule has 1 N–H and O–H groups in total. The van der Waals surface area contributed by atoms with Crippen molar-refractivity contribution in [3.8, 4) is 6.07 Å². The fourth-order valence-corrected chi connectivity index (χ4v) is 7.59. The van der Waals surface area contributed by atoms with E-state index in [-0.39, 0.29) is 10.9 Å². The first-order valence-corrected chi connectivity index (χ1v) is 16.2. The van der Waals surface area contributed by atoms with Crippen LogP contribution in [0.3, 0.4) is 0 Å². The number of piperidine rings is 1. The summed E-state index contributed by atoms with van der Waals surface area (Å²) >= 11 is 1.08. The number of nitriles is 1. The molecule has 1 aromatic carbocycles. The number of fused-ring (bicyclic) bond motifs is 2. The minimum absolute atomic E-state index is 0.190. The van der Waals surface area contributed by atoms with Crippen LogP contribution >= 0.6 is 11.3 Å². The number of benzene rings is 1. The molecular formula is C32H39F3N8S. The summed E-state index contributed by atoms with van der Waals surface area (Å²) in [6.45, 7) is 10.9. The second-order valence-electron chi connectivity index (χ2n) is 12.2. The fourth-order valence-electron chi connectivity index (χ4n) is 6.57. The lowest BCUT2D eigenvalue weighted by Crippen LogP contribution is -2.39. The molecule has 234 valence electrons. The van der Waals surface area contributed by atoms with Crippen molar-refractivity contribution >= 4 is 38.3 Å². The van der Waals surface area contributed by atoms with Crippen LogP contribution in [0.2, 0.25) is 0 Å². The molecule has 0 atom stereocenters. The molecule has 0 amide bonds. The van der Waals surface area contributed by atoms with Crippen LogP contribution in [0.4, 0.5) is 19.0 Å². The smallest absolute Gasteiger partial charge is 0.367 e. The lowest BCUT2D eigenvalue weighted by molar-refractivity contribution is -0.126. The first-order valence-electron chi connectivity index (χ1n) is 15.4. The Hall–Kier alpha value is -3.24. The maximum absolute atomic E-state index is 12.9. The molecule has 4 aromatic rings. The molecule has 2 fully saturated rings. The average molecular weight is 625 g/mol. The second kappa shape index (κ2) is 13.0. The van der Waals surface area contributed by atoms with Gasteiger partial charge in [-0.2, -0.15) is 18.4 Å². The number of nitrogens with one attached hydrogen (secondary N) is 1. The van der Waals surface area contributed by atoms with Crippen LogP contribution in [0.5, 0.6) is 0 Å². The third kappa shape index (κ3) is 7.01. The van der Waals surface area contributed by atoms with Gasteiger partial charge >= 0.3 is 6.18 Å². The topological polar surface area (TPSA) is 76.2 Å². The minimum atomic E-state index is -4.25. The highest BCUT2D eigenvalue weighted by molar-refractivity contribution is 7.18. The summed E-state index contributed by atoms with van der Waals surface area (Å²) in [6.07, 6.45) is -0.776. The number of likely N-dealkylation sites (tertiary alicyclic amines) is 1. The van der Waals surface area contributed by atoms with E-state index in [9.17, 15) is 18.4 Å². The van der Waals surface area contributed by atoms with Crippen LogP contribution in [0.25, 0.3) is 21.1 Å². The molecule has 3 aromatic heterocycles. The molecule has 2 saturated heterocycles. The number of alkyl halides is 3. The van der Waals surface area contributed by atoms with Crippen LogP contribution in [0.15, 0.2) is 30.6 Å². The number of rotatable bonds is 8. The maximum atomic E-state index is 12.9. The van der Waals surface area contributed by atoms with Crippen molar-refractivity contribution in [2.75, 3.05) is 58.2 Å². The molecular weight excluding hydrogens is 585 g/mol. The highest BCUT2D eigenvalue weighted by Crippen LogP contribution is 2.33. The number of thiophene rings is 1. The summed E-state index contributed by atoms with van der Waals surface area (Å²) in [5, 5.41) is 15.2. The average Bonchev–Trinajstić information content (AvgIpc) is 3.49. The van der Waals surface area contributed by atoms with Crippen molar-refractivity contribution in [1.29, 1.82) is 5.26 Å². The van der Waals surface area contributed by atoms with E-state index >= 15 is 0 Å². The van der Waals surface area contributed by atoms with Crippen LogP contribution in [0, 0.1) is 18.3 Å². The van der Waals surface area contributed by atoms with Crippen molar-refractivity contribution in [3.63, 3.8) is 0 Å². The van der Waals surface area contributed by atoms with Crippen molar-refractivity contribution < 1.29 is 13.2 Å². The Kier molecular flexibility index (Phi) is 9.10. The number of likely N-dealkylation sites (N-methyl/N-ethyl adjacent to an activating group) is 1. The van der Waals surface area contributed by atoms with E-state index in [0.717, 1.165) is 94.0 Å². The first kappa shape index (κ1) is 30.8. The van der Waals surface area contributed by atoms with Gasteiger partial charge in [0.05, 0.1) is 11.8 Å². The molecule has 5 heterocycles. The molecule has 0 unspecified atom stereocenters. The molecule has 2 aliphatic heterocycles. The quantitative estimate of drug-likeness (QED) is 0.272. The number of hydrogen-bond acceptors (Lipinski definition) is 8. The third-order valence-corrected chi connectivity index (χ3v) is 10.2. The van der Waals surface area contributed by atoms with Gasteiger partial charge in [0.15, 0.2) is 0 Å². The van der Waals surface area contributed by atoms with E-state index in [1.807, 2.05) is 6.07 Å². The maximum Gasteiger partial charge on any atom is 0.393 e. The summed E-state index contributed by atoms with van der Waals surface area (Å²) < 4.78 is 41.0. The monoisotopic (exact) mass is 624 g/mol. The summed E-state index contributed by atoms with van der Waals surface area (Å²) in [5.41, 5.74) is 4.34. The van der Waals surface area contributed by atoms with Gasteiger partial charge in [-0.15, -0.1) is 11.3 Å². The van der Waals surface area contributed by atoms with Gasteiger partial charge in [-0.1, -0.05) is 6.07 Å². The zero-order valence-electron chi connectivity index (χ0n) is 25.3. The molecule has 8 nitrogen and oxygen atoms in total. The lowest BCUT2D eigenvalue weighted by atomic mass is 10.0. The zero-order valence-corrected chi connectivity index (χ0v) is 26.1. The number of anilines is 1. The Morgan fingerprint density at radius 3 is 2.59 bits per heavy atom. The van der Waals surface area contributed by atoms with Crippen molar-refractivity contribution in [2.45, 2.75) is 57.9 Å². The lowest BCUT2D eigenvalue weighted by Gasteiger charge is -2.33. The Morgan fingerprint density at radius 1 is 1.00 bits per heavy atom. The number of hydrogen-bond donors (Lipinski definition) is 1. The van der Waals surface area contributed by atoms with E-state index in [1.165, 1.54) is 23.9 Å². The molecule has 6 rings (SSSR count). The summed E-state index contributed by atoms with van der Waals surface area (Å²) in [4.78, 5) is 16.7. The van der Waals surface area contributed by atoms with Crippen molar-refractivity contribution in [1.82, 2.24) is 29.2 Å². The molecule has 0 bridgehead atoms. The van der Waals surface area contributed by atoms with E-state index in [1.54, 1.807) is 6.07 Å². The normalized spacial score (nSPS) is 18.2. The fraction of sp³-hybridized carbons (Fsp3) is 0.531. The molecule has 0 aliphatic carbocycles. The van der Waals surface area contributed by atoms with Crippen molar-refractivity contribution in [2.24, 2.45) is 0 Å². The van der Waals surface area contributed by atoms with Gasteiger partial charge in [-0.25, -0.2) is 9.97 Å². The summed E-state index contributed by atoms with van der Waals surface area (Å²) in [7, 11) is 2.18. The van der Waals surface area contributed by atoms with Gasteiger partial charge in [-0.05, 0) is 75.6 Å². The minimum Gasteiger partial charge on any atom is -0.367 e. The second-order valence-corrected chi connectivity index (χ2v) is 13.3. The Balaban J connectivity index is 1.08. The third-order valence-electron chi connectivity index (χ3n) is 9.11. The van der Waals surface area contributed by atoms with Crippen molar-refractivity contribution in [3.05, 3.63) is 52.3 Å².